The monoisotopic (exact) mass is 331 g/mol. The van der Waals surface area contributed by atoms with Gasteiger partial charge in [-0.3, -0.25) is 0 Å². The van der Waals surface area contributed by atoms with Crippen molar-refractivity contribution in [3.63, 3.8) is 0 Å². The van der Waals surface area contributed by atoms with Crippen LogP contribution in [0, 0.1) is 0 Å². The molecule has 0 radical (unpaired) electrons. The second kappa shape index (κ2) is 5.79. The van der Waals surface area contributed by atoms with Gasteiger partial charge in [-0.1, -0.05) is 53.5 Å². The summed E-state index contributed by atoms with van der Waals surface area (Å²) in [5.74, 6) is 0.0269. The smallest absolute Gasteiger partial charge is 0.253 e. The number of fused-ring (bicyclic) bond motifs is 1. The lowest BCUT2D eigenvalue weighted by atomic mass is 10.1. The lowest BCUT2D eigenvalue weighted by molar-refractivity contribution is 1.17. The number of aliphatic imine (C=N–C) groups is 1. The molecule has 22 heavy (non-hydrogen) atoms. The molecule has 7 heteroatoms. The van der Waals surface area contributed by atoms with Gasteiger partial charge in [0.2, 0.25) is 0 Å². The maximum absolute atomic E-state index is 6.24. The molecule has 0 aliphatic carbocycles. The standard InChI is InChI=1S/C15H11Cl2N5/c16-9-6-10-12(8-4-2-1-3-5-8)20-15(22-14(18)19)21-13(10)11(17)7-9/h1-7H,(H4,18,19,20,21,22). The minimum absolute atomic E-state index is 0.122. The molecule has 4 N–H and O–H groups in total. The highest BCUT2D eigenvalue weighted by Gasteiger charge is 2.13. The Morgan fingerprint density at radius 2 is 1.73 bits per heavy atom. The largest absolute Gasteiger partial charge is 0.370 e. The molecular weight excluding hydrogens is 321 g/mol. The quantitative estimate of drug-likeness (QED) is 0.555. The van der Waals surface area contributed by atoms with Crippen LogP contribution in [0.25, 0.3) is 22.2 Å². The second-order valence-corrected chi connectivity index (χ2v) is 5.40. The van der Waals surface area contributed by atoms with Gasteiger partial charge in [-0.25, -0.2) is 9.97 Å². The Morgan fingerprint density at radius 3 is 2.41 bits per heavy atom. The molecule has 0 saturated carbocycles. The Bertz CT molecular complexity index is 874. The molecule has 0 aliphatic heterocycles. The average Bonchev–Trinajstić information content (AvgIpc) is 2.47. The summed E-state index contributed by atoms with van der Waals surface area (Å²) in [6.45, 7) is 0. The predicted molar refractivity (Wildman–Crippen MR) is 90.5 cm³/mol. The van der Waals surface area contributed by atoms with E-state index in [4.69, 9.17) is 34.7 Å². The SMILES string of the molecule is NC(N)=Nc1nc(-c2ccccc2)c2cc(Cl)cc(Cl)c2n1. The van der Waals surface area contributed by atoms with Gasteiger partial charge in [-0.05, 0) is 12.1 Å². The minimum Gasteiger partial charge on any atom is -0.370 e. The first-order valence-corrected chi connectivity index (χ1v) is 7.12. The number of nitrogens with two attached hydrogens (primary N) is 2. The summed E-state index contributed by atoms with van der Waals surface area (Å²) >= 11 is 12.3. The highest BCUT2D eigenvalue weighted by molar-refractivity contribution is 6.38. The topological polar surface area (TPSA) is 90.2 Å². The van der Waals surface area contributed by atoms with E-state index in [1.165, 1.54) is 0 Å². The third-order valence-corrected chi connectivity index (χ3v) is 3.49. The van der Waals surface area contributed by atoms with Crippen molar-refractivity contribution in [1.29, 1.82) is 0 Å². The molecule has 0 bridgehead atoms. The van der Waals surface area contributed by atoms with Gasteiger partial charge >= 0.3 is 0 Å². The van der Waals surface area contributed by atoms with Gasteiger partial charge in [-0.2, -0.15) is 4.99 Å². The zero-order valence-electron chi connectivity index (χ0n) is 11.3. The number of hydrogen-bond acceptors (Lipinski definition) is 3. The molecule has 3 rings (SSSR count). The minimum atomic E-state index is -0.122. The number of guanidine groups is 1. The lowest BCUT2D eigenvalue weighted by Gasteiger charge is -2.09. The molecule has 0 unspecified atom stereocenters. The average molecular weight is 332 g/mol. The van der Waals surface area contributed by atoms with Gasteiger partial charge in [0.1, 0.15) is 0 Å². The van der Waals surface area contributed by atoms with E-state index in [1.807, 2.05) is 30.3 Å². The Labute approximate surface area is 136 Å². The summed E-state index contributed by atoms with van der Waals surface area (Å²) in [5, 5.41) is 1.65. The number of nitrogens with zero attached hydrogens (tertiary/aromatic N) is 3. The van der Waals surface area contributed by atoms with Crippen LogP contribution in [0.15, 0.2) is 47.5 Å². The Balaban J connectivity index is 2.39. The molecule has 1 aromatic heterocycles. The summed E-state index contributed by atoms with van der Waals surface area (Å²) in [6, 6.07) is 13.0. The maximum Gasteiger partial charge on any atom is 0.253 e. The van der Waals surface area contributed by atoms with Gasteiger partial charge in [0.25, 0.3) is 5.95 Å². The summed E-state index contributed by atoms with van der Waals surface area (Å²) < 4.78 is 0. The van der Waals surface area contributed by atoms with Crippen molar-refractivity contribution in [1.82, 2.24) is 9.97 Å². The predicted octanol–water partition coefficient (Wildman–Crippen LogP) is 3.51. The first-order chi connectivity index (χ1) is 10.5. The number of hydrogen-bond donors (Lipinski definition) is 2. The fourth-order valence-corrected chi connectivity index (χ4v) is 2.66. The molecule has 110 valence electrons. The number of benzene rings is 2. The van der Waals surface area contributed by atoms with Crippen LogP contribution in [0.4, 0.5) is 5.95 Å². The fourth-order valence-electron chi connectivity index (χ4n) is 2.13. The summed E-state index contributed by atoms with van der Waals surface area (Å²) in [6.07, 6.45) is 0. The summed E-state index contributed by atoms with van der Waals surface area (Å²) in [7, 11) is 0. The summed E-state index contributed by atoms with van der Waals surface area (Å²) in [4.78, 5) is 12.6. The first-order valence-electron chi connectivity index (χ1n) is 6.36. The van der Waals surface area contributed by atoms with Gasteiger partial charge in [0.15, 0.2) is 5.96 Å². The normalized spacial score (nSPS) is 10.6. The Kier molecular flexibility index (Phi) is 3.83. The van der Waals surface area contributed by atoms with Crippen molar-refractivity contribution in [3.8, 4) is 11.3 Å². The molecule has 0 amide bonds. The molecule has 0 fully saturated rings. The lowest BCUT2D eigenvalue weighted by Crippen LogP contribution is -2.22. The van der Waals surface area contributed by atoms with Crippen LogP contribution < -0.4 is 11.5 Å². The van der Waals surface area contributed by atoms with Crippen LogP contribution in [-0.4, -0.2) is 15.9 Å². The molecule has 2 aromatic carbocycles. The van der Waals surface area contributed by atoms with Crippen LogP contribution in [0.3, 0.4) is 0 Å². The van der Waals surface area contributed by atoms with Crippen LogP contribution in [0.2, 0.25) is 10.0 Å². The van der Waals surface area contributed by atoms with E-state index in [2.05, 4.69) is 15.0 Å². The number of rotatable bonds is 2. The van der Waals surface area contributed by atoms with Crippen LogP contribution in [-0.2, 0) is 0 Å². The van der Waals surface area contributed by atoms with Gasteiger partial charge in [0.05, 0.1) is 16.2 Å². The van der Waals surface area contributed by atoms with E-state index in [0.29, 0.717) is 21.3 Å². The zero-order chi connectivity index (χ0) is 15.7. The maximum atomic E-state index is 6.24. The third kappa shape index (κ3) is 2.81. The zero-order valence-corrected chi connectivity index (χ0v) is 12.8. The highest BCUT2D eigenvalue weighted by atomic mass is 35.5. The van der Waals surface area contributed by atoms with Crippen molar-refractivity contribution >= 4 is 46.0 Å². The fraction of sp³-hybridized carbons (Fsp3) is 0. The molecule has 0 saturated heterocycles. The van der Waals surface area contributed by atoms with Gasteiger partial charge < -0.3 is 11.5 Å². The Hall–Kier alpha value is -2.37. The van der Waals surface area contributed by atoms with Crippen LogP contribution in [0.1, 0.15) is 0 Å². The molecule has 5 nitrogen and oxygen atoms in total. The molecule has 0 atom stereocenters. The molecule has 3 aromatic rings. The van der Waals surface area contributed by atoms with E-state index in [0.717, 1.165) is 10.9 Å². The van der Waals surface area contributed by atoms with E-state index in [-0.39, 0.29) is 11.9 Å². The van der Waals surface area contributed by atoms with Crippen molar-refractivity contribution < 1.29 is 0 Å². The van der Waals surface area contributed by atoms with Crippen LogP contribution >= 0.6 is 23.2 Å². The number of aromatic nitrogens is 2. The van der Waals surface area contributed by atoms with Crippen LogP contribution in [0.5, 0.6) is 0 Å². The first kappa shape index (κ1) is 14.6. The molecule has 1 heterocycles. The third-order valence-electron chi connectivity index (χ3n) is 2.98. The van der Waals surface area contributed by atoms with E-state index >= 15 is 0 Å². The van der Waals surface area contributed by atoms with E-state index in [1.54, 1.807) is 12.1 Å². The van der Waals surface area contributed by atoms with Crippen molar-refractivity contribution in [2.45, 2.75) is 0 Å². The van der Waals surface area contributed by atoms with E-state index in [9.17, 15) is 0 Å². The number of halogens is 2. The van der Waals surface area contributed by atoms with E-state index < -0.39 is 0 Å². The van der Waals surface area contributed by atoms with Crippen molar-refractivity contribution in [2.24, 2.45) is 16.5 Å². The molecule has 0 aliphatic rings. The molecule has 0 spiro atoms. The van der Waals surface area contributed by atoms with Crippen molar-refractivity contribution in [3.05, 3.63) is 52.5 Å². The Morgan fingerprint density at radius 1 is 1.00 bits per heavy atom. The molecular formula is C15H11Cl2N5. The summed E-state index contributed by atoms with van der Waals surface area (Å²) in [5.41, 5.74) is 12.9. The van der Waals surface area contributed by atoms with Gasteiger partial charge in [-0.15, -0.1) is 0 Å². The highest BCUT2D eigenvalue weighted by Crippen LogP contribution is 2.34. The second-order valence-electron chi connectivity index (χ2n) is 4.56. The van der Waals surface area contributed by atoms with Crippen molar-refractivity contribution in [2.75, 3.05) is 0 Å². The van der Waals surface area contributed by atoms with Gasteiger partial charge in [0, 0.05) is 16.0 Å².